The Hall–Kier alpha value is -1.82. The van der Waals surface area contributed by atoms with Crippen LogP contribution in [0.2, 0.25) is 0 Å². The monoisotopic (exact) mass is 215 g/mol. The lowest BCUT2D eigenvalue weighted by atomic mass is 9.94. The quantitative estimate of drug-likeness (QED) is 0.721. The van der Waals surface area contributed by atoms with Crippen LogP contribution in [0.25, 0.3) is 0 Å². The predicted octanol–water partition coefficient (Wildman–Crippen LogP) is 2.19. The highest BCUT2D eigenvalue weighted by molar-refractivity contribution is 5.85. The van der Waals surface area contributed by atoms with E-state index >= 15 is 0 Å². The molecule has 1 aliphatic rings. The number of fused-ring (bicyclic) bond motifs is 1. The smallest absolute Gasteiger partial charge is 0.174 e. The number of ether oxygens (including phenoxy) is 1. The average Bonchev–Trinajstić information content (AvgIpc) is 2.26. The standard InChI is InChI=1S/C13H13NO2/c1-8(2)9-3-10-5-12(15)7-16-13(10)11(4-9)6-14/h3-4,8H,5,7H2,1-2H3. The van der Waals surface area contributed by atoms with Gasteiger partial charge < -0.3 is 4.74 Å². The van der Waals surface area contributed by atoms with Crippen molar-refractivity contribution in [1.82, 2.24) is 0 Å². The maximum absolute atomic E-state index is 11.3. The molecule has 2 rings (SSSR count). The SMILES string of the molecule is CC(C)c1cc(C#N)c2c(c1)CC(=O)CO2. The Labute approximate surface area is 94.6 Å². The van der Waals surface area contributed by atoms with Crippen LogP contribution in [-0.4, -0.2) is 12.4 Å². The molecular formula is C13H13NO2. The number of rotatable bonds is 1. The zero-order valence-electron chi connectivity index (χ0n) is 9.41. The van der Waals surface area contributed by atoms with Crippen LogP contribution in [0.4, 0.5) is 0 Å². The number of Topliss-reactive ketones (excluding diaryl/α,β-unsaturated/α-hetero) is 1. The molecule has 0 aliphatic carbocycles. The number of hydrogen-bond donors (Lipinski definition) is 0. The van der Waals surface area contributed by atoms with Gasteiger partial charge in [0.25, 0.3) is 0 Å². The van der Waals surface area contributed by atoms with E-state index in [-0.39, 0.29) is 12.4 Å². The van der Waals surface area contributed by atoms with Crippen LogP contribution >= 0.6 is 0 Å². The minimum atomic E-state index is 0.0669. The molecule has 3 nitrogen and oxygen atoms in total. The van der Waals surface area contributed by atoms with Crippen molar-refractivity contribution in [3.05, 3.63) is 28.8 Å². The number of carbonyl (C=O) groups excluding carboxylic acids is 1. The lowest BCUT2D eigenvalue weighted by Crippen LogP contribution is -2.21. The van der Waals surface area contributed by atoms with E-state index in [4.69, 9.17) is 10.00 Å². The molecule has 0 radical (unpaired) electrons. The van der Waals surface area contributed by atoms with Crippen molar-refractivity contribution in [3.63, 3.8) is 0 Å². The molecule has 3 heteroatoms. The molecule has 0 bridgehead atoms. The number of hydrogen-bond acceptors (Lipinski definition) is 3. The van der Waals surface area contributed by atoms with E-state index in [0.717, 1.165) is 11.1 Å². The van der Waals surface area contributed by atoms with Gasteiger partial charge in [-0.2, -0.15) is 5.26 Å². The lowest BCUT2D eigenvalue weighted by Gasteiger charge is -2.19. The third-order valence-corrected chi connectivity index (χ3v) is 2.74. The van der Waals surface area contributed by atoms with Gasteiger partial charge in [0.05, 0.1) is 5.56 Å². The predicted molar refractivity (Wildman–Crippen MR) is 59.5 cm³/mol. The fraction of sp³-hybridized carbons (Fsp3) is 0.385. The molecule has 0 saturated heterocycles. The van der Waals surface area contributed by atoms with Gasteiger partial charge in [-0.25, -0.2) is 0 Å². The maximum atomic E-state index is 11.3. The minimum Gasteiger partial charge on any atom is -0.484 e. The van der Waals surface area contributed by atoms with Crippen molar-refractivity contribution >= 4 is 5.78 Å². The average molecular weight is 215 g/mol. The van der Waals surface area contributed by atoms with Crippen LogP contribution in [0.3, 0.4) is 0 Å². The van der Waals surface area contributed by atoms with Crippen LogP contribution < -0.4 is 4.74 Å². The molecule has 0 N–H and O–H groups in total. The Balaban J connectivity index is 2.56. The first-order chi connectivity index (χ1) is 7.61. The summed E-state index contributed by atoms with van der Waals surface area (Å²) in [5.74, 6) is 0.998. The van der Waals surface area contributed by atoms with Crippen molar-refractivity contribution in [2.75, 3.05) is 6.61 Å². The van der Waals surface area contributed by atoms with Gasteiger partial charge in [-0.05, 0) is 17.5 Å². The summed E-state index contributed by atoms with van der Waals surface area (Å²) in [6.07, 6.45) is 0.380. The second-order valence-corrected chi connectivity index (χ2v) is 4.33. The van der Waals surface area contributed by atoms with Crippen LogP contribution in [0.15, 0.2) is 12.1 Å². The summed E-state index contributed by atoms with van der Waals surface area (Å²) >= 11 is 0. The third kappa shape index (κ3) is 1.79. The maximum Gasteiger partial charge on any atom is 0.174 e. The number of ketones is 1. The Morgan fingerprint density at radius 1 is 1.44 bits per heavy atom. The Morgan fingerprint density at radius 2 is 2.19 bits per heavy atom. The van der Waals surface area contributed by atoms with Crippen molar-refractivity contribution in [3.8, 4) is 11.8 Å². The minimum absolute atomic E-state index is 0.0669. The number of benzene rings is 1. The molecule has 1 heterocycles. The highest BCUT2D eigenvalue weighted by atomic mass is 16.5. The Bertz CT molecular complexity index is 483. The summed E-state index contributed by atoms with van der Waals surface area (Å²) in [4.78, 5) is 11.3. The van der Waals surface area contributed by atoms with Gasteiger partial charge in [0.2, 0.25) is 0 Å². The summed E-state index contributed by atoms with van der Waals surface area (Å²) in [5, 5.41) is 9.05. The highest BCUT2D eigenvalue weighted by Crippen LogP contribution is 2.31. The second-order valence-electron chi connectivity index (χ2n) is 4.33. The molecule has 1 aromatic carbocycles. The number of carbonyl (C=O) groups is 1. The molecule has 0 spiro atoms. The third-order valence-electron chi connectivity index (χ3n) is 2.74. The van der Waals surface area contributed by atoms with E-state index in [1.165, 1.54) is 0 Å². The van der Waals surface area contributed by atoms with E-state index in [1.807, 2.05) is 12.1 Å². The first-order valence-electron chi connectivity index (χ1n) is 5.33. The van der Waals surface area contributed by atoms with Crippen LogP contribution in [0.5, 0.6) is 5.75 Å². The first kappa shape index (κ1) is 10.7. The van der Waals surface area contributed by atoms with Crippen LogP contribution in [0.1, 0.15) is 36.5 Å². The first-order valence-corrected chi connectivity index (χ1v) is 5.33. The van der Waals surface area contributed by atoms with E-state index in [2.05, 4.69) is 19.9 Å². The van der Waals surface area contributed by atoms with E-state index < -0.39 is 0 Å². The topological polar surface area (TPSA) is 50.1 Å². The molecule has 0 amide bonds. The molecule has 0 fully saturated rings. The molecule has 0 atom stereocenters. The second kappa shape index (κ2) is 3.97. The lowest BCUT2D eigenvalue weighted by molar-refractivity contribution is -0.121. The summed E-state index contributed by atoms with van der Waals surface area (Å²) in [6, 6.07) is 5.95. The summed E-state index contributed by atoms with van der Waals surface area (Å²) < 4.78 is 5.32. The largest absolute Gasteiger partial charge is 0.484 e. The van der Waals surface area contributed by atoms with Gasteiger partial charge in [0.15, 0.2) is 5.78 Å². The molecule has 0 saturated carbocycles. The molecule has 1 aromatic rings. The molecule has 0 unspecified atom stereocenters. The zero-order valence-corrected chi connectivity index (χ0v) is 9.41. The van der Waals surface area contributed by atoms with Crippen molar-refractivity contribution < 1.29 is 9.53 Å². The van der Waals surface area contributed by atoms with Crippen molar-refractivity contribution in [2.45, 2.75) is 26.2 Å². The van der Waals surface area contributed by atoms with E-state index in [1.54, 1.807) is 0 Å². The summed E-state index contributed by atoms with van der Waals surface area (Å²) in [6.45, 7) is 4.21. The van der Waals surface area contributed by atoms with Crippen molar-refractivity contribution in [1.29, 1.82) is 5.26 Å². The van der Waals surface area contributed by atoms with Gasteiger partial charge in [0, 0.05) is 12.0 Å². The molecule has 82 valence electrons. The molecular weight excluding hydrogens is 202 g/mol. The van der Waals surface area contributed by atoms with E-state index in [9.17, 15) is 4.79 Å². The number of nitriles is 1. The van der Waals surface area contributed by atoms with Gasteiger partial charge in [-0.1, -0.05) is 19.9 Å². The Morgan fingerprint density at radius 3 is 2.81 bits per heavy atom. The summed E-state index contributed by atoms with van der Waals surface area (Å²) in [7, 11) is 0. The van der Waals surface area contributed by atoms with Crippen LogP contribution in [0, 0.1) is 11.3 Å². The fourth-order valence-corrected chi connectivity index (χ4v) is 1.85. The van der Waals surface area contributed by atoms with Gasteiger partial charge in [-0.3, -0.25) is 4.79 Å². The molecule has 0 aromatic heterocycles. The zero-order chi connectivity index (χ0) is 11.7. The van der Waals surface area contributed by atoms with E-state index in [0.29, 0.717) is 23.7 Å². The van der Waals surface area contributed by atoms with Crippen LogP contribution in [-0.2, 0) is 11.2 Å². The molecule has 1 aliphatic heterocycles. The highest BCUT2D eigenvalue weighted by Gasteiger charge is 2.21. The summed E-state index contributed by atoms with van der Waals surface area (Å²) in [5.41, 5.74) is 2.46. The molecule has 16 heavy (non-hydrogen) atoms. The van der Waals surface area contributed by atoms with Gasteiger partial charge in [-0.15, -0.1) is 0 Å². The fourth-order valence-electron chi connectivity index (χ4n) is 1.85. The normalized spacial score (nSPS) is 14.2. The van der Waals surface area contributed by atoms with Crippen molar-refractivity contribution in [2.24, 2.45) is 0 Å². The van der Waals surface area contributed by atoms with Gasteiger partial charge in [0.1, 0.15) is 18.4 Å². The number of nitrogens with zero attached hydrogens (tertiary/aromatic N) is 1. The Kier molecular flexibility index (Phi) is 2.66. The van der Waals surface area contributed by atoms with Gasteiger partial charge >= 0.3 is 0 Å².